The molecule has 0 saturated carbocycles. The van der Waals surface area contributed by atoms with Crippen molar-refractivity contribution >= 4 is 39.2 Å². The highest BCUT2D eigenvalue weighted by atomic mass is 32.2. The average molecular weight is 659 g/mol. The van der Waals surface area contributed by atoms with Crippen molar-refractivity contribution in [3.05, 3.63) is 187 Å². The monoisotopic (exact) mass is 658 g/mol. The molecule has 0 atom stereocenters. The van der Waals surface area contributed by atoms with E-state index < -0.39 is 6.15 Å². The molecular weight excluding hydrogens is 620 g/mol. The third kappa shape index (κ3) is 8.56. The smallest absolute Gasteiger partial charge is 0.212 e. The predicted molar refractivity (Wildman–Crippen MR) is 196 cm³/mol. The van der Waals surface area contributed by atoms with E-state index in [9.17, 15) is 18.0 Å². The Bertz CT molecular complexity index is 1700. The summed E-state index contributed by atoms with van der Waals surface area (Å²) in [5, 5.41) is 0. The van der Waals surface area contributed by atoms with E-state index in [4.69, 9.17) is 0 Å². The van der Waals surface area contributed by atoms with Gasteiger partial charge in [0.2, 0.25) is 5.78 Å². The van der Waals surface area contributed by atoms with Crippen molar-refractivity contribution in [1.29, 1.82) is 0 Å². The van der Waals surface area contributed by atoms with Gasteiger partial charge in [-0.2, -0.15) is 22.7 Å². The zero-order chi connectivity index (χ0) is 33.8. The molecule has 0 radical (unpaired) electrons. The van der Waals surface area contributed by atoms with Crippen molar-refractivity contribution in [1.82, 2.24) is 0 Å². The topological polar surface area (TPSA) is 17.1 Å². The number of ketones is 1. The summed E-state index contributed by atoms with van der Waals surface area (Å²) in [6.45, 7) is 2.11. The van der Waals surface area contributed by atoms with Gasteiger partial charge in [-0.25, -0.2) is 13.2 Å². The van der Waals surface area contributed by atoms with Crippen LogP contribution in [0.15, 0.2) is 174 Å². The number of carbonyl (C=O) groups excluding carboxylic acids is 1. The lowest BCUT2D eigenvalue weighted by molar-refractivity contribution is 0.102. The van der Waals surface area contributed by atoms with Crippen LogP contribution in [-0.4, -0.2) is 17.7 Å². The number of halogens is 3. The number of rotatable bonds is 11. The lowest BCUT2D eigenvalue weighted by atomic mass is 9.14. The Kier molecular flexibility index (Phi) is 12.1. The molecule has 0 spiro atoms. The fourth-order valence-electron chi connectivity index (χ4n) is 6.27. The van der Waals surface area contributed by atoms with Crippen LogP contribution in [0.4, 0.5) is 13.2 Å². The second-order valence-corrected chi connectivity index (χ2v) is 13.8. The zero-order valence-corrected chi connectivity index (χ0v) is 27.8. The maximum atomic E-state index is 13.5. The quantitative estimate of drug-likeness (QED) is 0.0772. The van der Waals surface area contributed by atoms with E-state index in [0.29, 0.717) is 5.75 Å². The fraction of sp³-hybridized carbons (Fsp3) is 0.119. The van der Waals surface area contributed by atoms with Crippen LogP contribution in [-0.2, 0) is 10.9 Å². The van der Waals surface area contributed by atoms with E-state index in [0.717, 1.165) is 41.1 Å². The first kappa shape index (κ1) is 34.5. The number of unbranched alkanes of at least 4 members (excludes halogenated alkanes) is 1. The molecule has 0 aromatic heterocycles. The normalized spacial score (nSPS) is 11.1. The van der Waals surface area contributed by atoms with Crippen LogP contribution in [0.25, 0.3) is 0 Å². The minimum Gasteiger partial charge on any atom is -0.289 e. The van der Waals surface area contributed by atoms with Gasteiger partial charge in [0.05, 0.1) is 17.0 Å². The first-order valence-corrected chi connectivity index (χ1v) is 17.6. The molecule has 0 amide bonds. The molecule has 6 aromatic carbocycles. The Balaban J connectivity index is 0.000000190. The summed E-state index contributed by atoms with van der Waals surface area (Å²) >= 11 is 0. The summed E-state index contributed by atoms with van der Waals surface area (Å²) in [5.41, 5.74) is 3.70. The van der Waals surface area contributed by atoms with Crippen LogP contribution >= 0.6 is 0 Å². The Morgan fingerprint density at radius 2 is 0.875 bits per heavy atom. The summed E-state index contributed by atoms with van der Waals surface area (Å²) < 4.78 is 40.6. The average Bonchev–Trinajstić information content (AvgIpc) is 3.14. The molecule has 0 aliphatic heterocycles. The maximum Gasteiger partial charge on any atom is 0.212 e. The standard InChI is InChI=1S/C22H21BF3.C20H17OS/c1-2-3-16-23(17-4-10-20(24)11-5-17,18-6-12-21(25)13-7-18)19-8-14-22(26)15-9-19;21-20(17-10-4-1-5-11-17)16-22(18-12-6-2-7-13-18)19-14-8-3-9-15-19/h4-15H,2-3,16H2,1H3;1-15H,16H2/q-1;+1. The van der Waals surface area contributed by atoms with Gasteiger partial charge in [0, 0.05) is 5.56 Å². The van der Waals surface area contributed by atoms with Gasteiger partial charge in [-0.3, -0.25) is 4.79 Å². The van der Waals surface area contributed by atoms with Gasteiger partial charge in [-0.1, -0.05) is 123 Å². The number of Topliss-reactive ketones (excluding diaryl/α,β-unsaturated/α-hetero) is 1. The summed E-state index contributed by atoms with van der Waals surface area (Å²) in [6.07, 6.45) is 1.31. The fourth-order valence-corrected chi connectivity index (χ4v) is 8.28. The van der Waals surface area contributed by atoms with E-state index in [1.807, 2.05) is 66.7 Å². The molecule has 242 valence electrons. The molecule has 0 saturated heterocycles. The van der Waals surface area contributed by atoms with Gasteiger partial charge in [-0.05, 0) is 60.7 Å². The Hall–Kier alpha value is -4.81. The molecule has 6 rings (SSSR count). The van der Waals surface area contributed by atoms with Crippen molar-refractivity contribution in [3.63, 3.8) is 0 Å². The molecule has 6 aromatic rings. The summed E-state index contributed by atoms with van der Waals surface area (Å²) in [7, 11) is -0.231. The SMILES string of the molecule is CCCC[B-](c1ccc(F)cc1)(c1ccc(F)cc1)c1ccc(F)cc1.O=C(C[S+](c1ccccc1)c1ccccc1)c1ccccc1. The van der Waals surface area contributed by atoms with Gasteiger partial charge in [0.1, 0.15) is 17.5 Å². The van der Waals surface area contributed by atoms with Crippen molar-refractivity contribution < 1.29 is 18.0 Å². The number of hydrogen-bond donors (Lipinski definition) is 0. The van der Waals surface area contributed by atoms with Gasteiger partial charge in [0.25, 0.3) is 0 Å². The molecular formula is C42H38BF3OS. The van der Waals surface area contributed by atoms with E-state index in [2.05, 4.69) is 31.2 Å². The van der Waals surface area contributed by atoms with Crippen LogP contribution in [0.5, 0.6) is 0 Å². The lowest BCUT2D eigenvalue weighted by Gasteiger charge is -2.43. The molecule has 0 bridgehead atoms. The maximum absolute atomic E-state index is 13.5. The van der Waals surface area contributed by atoms with Crippen LogP contribution in [0.3, 0.4) is 0 Å². The highest BCUT2D eigenvalue weighted by Crippen LogP contribution is 2.24. The van der Waals surface area contributed by atoms with Gasteiger partial charge in [0.15, 0.2) is 15.5 Å². The highest BCUT2D eigenvalue weighted by Gasteiger charge is 2.30. The van der Waals surface area contributed by atoms with Gasteiger partial charge in [-0.15, -0.1) is 0 Å². The van der Waals surface area contributed by atoms with E-state index in [1.54, 1.807) is 36.4 Å². The van der Waals surface area contributed by atoms with Crippen LogP contribution in [0.2, 0.25) is 6.32 Å². The Morgan fingerprint density at radius 1 is 0.521 bits per heavy atom. The molecule has 48 heavy (non-hydrogen) atoms. The summed E-state index contributed by atoms with van der Waals surface area (Å²) in [4.78, 5) is 15.0. The molecule has 1 nitrogen and oxygen atoms in total. The molecule has 0 aliphatic carbocycles. The largest absolute Gasteiger partial charge is 0.289 e. The lowest BCUT2D eigenvalue weighted by Crippen LogP contribution is -2.67. The first-order valence-electron chi connectivity index (χ1n) is 16.2. The van der Waals surface area contributed by atoms with Gasteiger partial charge < -0.3 is 0 Å². The van der Waals surface area contributed by atoms with Crippen molar-refractivity contribution in [2.45, 2.75) is 35.9 Å². The van der Waals surface area contributed by atoms with E-state index in [-0.39, 0.29) is 34.1 Å². The van der Waals surface area contributed by atoms with Crippen LogP contribution in [0, 0.1) is 17.5 Å². The van der Waals surface area contributed by atoms with Gasteiger partial charge >= 0.3 is 0 Å². The highest BCUT2D eigenvalue weighted by molar-refractivity contribution is 7.97. The first-order chi connectivity index (χ1) is 23.4. The Labute approximate surface area is 284 Å². The zero-order valence-electron chi connectivity index (χ0n) is 26.9. The Morgan fingerprint density at radius 3 is 1.23 bits per heavy atom. The molecule has 0 N–H and O–H groups in total. The second-order valence-electron chi connectivity index (χ2n) is 11.8. The van der Waals surface area contributed by atoms with E-state index in [1.165, 1.54) is 46.2 Å². The number of hydrogen-bond acceptors (Lipinski definition) is 1. The minimum atomic E-state index is -1.46. The molecule has 0 aliphatic rings. The molecule has 0 fully saturated rings. The van der Waals surface area contributed by atoms with Crippen molar-refractivity contribution in [2.75, 3.05) is 5.75 Å². The third-order valence-corrected chi connectivity index (χ3v) is 11.0. The van der Waals surface area contributed by atoms with Crippen molar-refractivity contribution in [2.24, 2.45) is 0 Å². The third-order valence-electron chi connectivity index (χ3n) is 8.73. The van der Waals surface area contributed by atoms with Crippen LogP contribution < -0.4 is 16.4 Å². The van der Waals surface area contributed by atoms with E-state index >= 15 is 0 Å². The second kappa shape index (κ2) is 16.8. The molecule has 0 heterocycles. The molecule has 6 heteroatoms. The number of benzene rings is 6. The minimum absolute atomic E-state index is 0.191. The predicted octanol–water partition coefficient (Wildman–Crippen LogP) is 8.98. The summed E-state index contributed by atoms with van der Waals surface area (Å²) in [5.74, 6) is -0.194. The number of carbonyl (C=O) groups is 1. The van der Waals surface area contributed by atoms with Crippen molar-refractivity contribution in [3.8, 4) is 0 Å². The summed E-state index contributed by atoms with van der Waals surface area (Å²) in [6, 6.07) is 49.5. The molecule has 0 unspecified atom stereocenters. The van der Waals surface area contributed by atoms with Crippen LogP contribution in [0.1, 0.15) is 30.1 Å².